The van der Waals surface area contributed by atoms with Gasteiger partial charge in [0.2, 0.25) is 11.8 Å². The fourth-order valence-electron chi connectivity index (χ4n) is 3.51. The van der Waals surface area contributed by atoms with Gasteiger partial charge < -0.3 is 14.4 Å². The van der Waals surface area contributed by atoms with Crippen LogP contribution < -0.4 is 4.74 Å². The van der Waals surface area contributed by atoms with Crippen molar-refractivity contribution in [3.63, 3.8) is 0 Å². The van der Waals surface area contributed by atoms with E-state index in [1.807, 2.05) is 17.0 Å². The third kappa shape index (κ3) is 4.22. The lowest BCUT2D eigenvalue weighted by atomic mass is 10.0. The topological polar surface area (TPSA) is 51.7 Å². The van der Waals surface area contributed by atoms with E-state index in [1.165, 1.54) is 25.7 Å². The van der Waals surface area contributed by atoms with E-state index in [9.17, 15) is 4.79 Å². The number of amides is 1. The summed E-state index contributed by atoms with van der Waals surface area (Å²) in [6.07, 6.45) is 6.56. The molecule has 0 N–H and O–H groups in total. The lowest BCUT2D eigenvalue weighted by Crippen LogP contribution is -2.37. The number of hydrogen-bond acceptors (Lipinski definition) is 4. The van der Waals surface area contributed by atoms with Crippen LogP contribution in [0.3, 0.4) is 0 Å². The van der Waals surface area contributed by atoms with E-state index in [-0.39, 0.29) is 0 Å². The number of aromatic nitrogens is 1. The average molecular weight is 318 g/mol. The molecule has 3 rings (SSSR count). The lowest BCUT2D eigenvalue weighted by molar-refractivity contribution is -0.133. The van der Waals surface area contributed by atoms with E-state index < -0.39 is 0 Å². The van der Waals surface area contributed by atoms with Gasteiger partial charge in [-0.25, -0.2) is 4.98 Å². The summed E-state index contributed by atoms with van der Waals surface area (Å²) in [6, 6.07) is 3.93. The Morgan fingerprint density at radius 2 is 2.13 bits per heavy atom. The predicted octanol–water partition coefficient (Wildman–Crippen LogP) is 2.57. The molecule has 1 aliphatic carbocycles. The van der Waals surface area contributed by atoms with Crippen molar-refractivity contribution >= 4 is 5.91 Å². The first-order valence-electron chi connectivity index (χ1n) is 8.64. The zero-order valence-corrected chi connectivity index (χ0v) is 13.9. The van der Waals surface area contributed by atoms with Crippen LogP contribution in [0.1, 0.15) is 43.4 Å². The lowest BCUT2D eigenvalue weighted by Gasteiger charge is -2.29. The van der Waals surface area contributed by atoms with Gasteiger partial charge in [0.25, 0.3) is 0 Å². The zero-order valence-electron chi connectivity index (χ0n) is 13.9. The number of fused-ring (bicyclic) bond motifs is 1. The van der Waals surface area contributed by atoms with Crippen molar-refractivity contribution < 1.29 is 14.3 Å². The quantitative estimate of drug-likeness (QED) is 0.757. The van der Waals surface area contributed by atoms with Crippen LogP contribution in [0.4, 0.5) is 0 Å². The summed E-state index contributed by atoms with van der Waals surface area (Å²) in [4.78, 5) is 19.0. The molecule has 0 radical (unpaired) electrons. The molecule has 5 heteroatoms. The van der Waals surface area contributed by atoms with Crippen molar-refractivity contribution in [2.24, 2.45) is 5.92 Å². The molecule has 2 heterocycles. The van der Waals surface area contributed by atoms with Crippen molar-refractivity contribution in [2.75, 3.05) is 26.9 Å². The van der Waals surface area contributed by atoms with Crippen molar-refractivity contribution in [1.29, 1.82) is 0 Å². The van der Waals surface area contributed by atoms with E-state index in [0.29, 0.717) is 37.5 Å². The van der Waals surface area contributed by atoms with Gasteiger partial charge in [0.15, 0.2) is 0 Å². The Balaban J connectivity index is 1.56. The van der Waals surface area contributed by atoms with Crippen LogP contribution >= 0.6 is 0 Å². The summed E-state index contributed by atoms with van der Waals surface area (Å²) in [6.45, 7) is 2.52. The van der Waals surface area contributed by atoms with Crippen molar-refractivity contribution in [3.05, 3.63) is 23.4 Å². The maximum absolute atomic E-state index is 12.5. The summed E-state index contributed by atoms with van der Waals surface area (Å²) < 4.78 is 10.5. The predicted molar refractivity (Wildman–Crippen MR) is 87.3 cm³/mol. The number of nitrogens with zero attached hydrogens (tertiary/aromatic N) is 2. The molecular formula is C18H26N2O3. The minimum atomic E-state index is 0.308. The average Bonchev–Trinajstić information content (AvgIpc) is 3.07. The Bertz CT molecular complexity index is 541. The smallest absolute Gasteiger partial charge is 0.223 e. The Labute approximate surface area is 138 Å². The number of carbonyl (C=O) groups is 1. The molecule has 0 spiro atoms. The second-order valence-corrected chi connectivity index (χ2v) is 6.52. The van der Waals surface area contributed by atoms with Gasteiger partial charge in [0.1, 0.15) is 6.61 Å². The highest BCUT2D eigenvalue weighted by atomic mass is 16.5. The summed E-state index contributed by atoms with van der Waals surface area (Å²) in [5, 5.41) is 0. The zero-order chi connectivity index (χ0) is 16.1. The van der Waals surface area contributed by atoms with E-state index in [4.69, 9.17) is 9.47 Å². The van der Waals surface area contributed by atoms with Gasteiger partial charge in [-0.2, -0.15) is 0 Å². The Morgan fingerprint density at radius 1 is 1.30 bits per heavy atom. The fourth-order valence-corrected chi connectivity index (χ4v) is 3.51. The normalized spacial score (nSPS) is 18.0. The molecule has 1 fully saturated rings. The molecule has 0 unspecified atom stereocenters. The number of rotatable bonds is 6. The van der Waals surface area contributed by atoms with E-state index in [1.54, 1.807) is 7.11 Å². The van der Waals surface area contributed by atoms with Gasteiger partial charge in [-0.15, -0.1) is 0 Å². The highest BCUT2D eigenvalue weighted by Gasteiger charge is 2.25. The number of methoxy groups -OCH3 is 1. The first-order chi connectivity index (χ1) is 11.3. The van der Waals surface area contributed by atoms with Gasteiger partial charge in [0, 0.05) is 39.1 Å². The summed E-state index contributed by atoms with van der Waals surface area (Å²) in [7, 11) is 1.65. The van der Waals surface area contributed by atoms with Crippen molar-refractivity contribution in [2.45, 2.75) is 45.1 Å². The molecule has 1 aromatic heterocycles. The largest absolute Gasteiger partial charge is 0.475 e. The molecule has 23 heavy (non-hydrogen) atoms. The Kier molecular flexibility index (Phi) is 5.49. The standard InChI is InChI=1S/C18H26N2O3/c1-22-10-11-23-17-7-6-15-13-20(9-8-16(15)19-17)18(21)12-14-4-2-3-5-14/h6-7,14H,2-5,8-13H2,1H3. The van der Waals surface area contributed by atoms with E-state index in [0.717, 1.165) is 30.6 Å². The summed E-state index contributed by atoms with van der Waals surface area (Å²) in [5.74, 6) is 1.56. The number of carbonyl (C=O) groups excluding carboxylic acids is 1. The van der Waals surface area contributed by atoms with E-state index >= 15 is 0 Å². The second kappa shape index (κ2) is 7.77. The van der Waals surface area contributed by atoms with Crippen LogP contribution in [0, 0.1) is 5.92 Å². The Hall–Kier alpha value is -1.62. The first-order valence-corrected chi connectivity index (χ1v) is 8.64. The maximum atomic E-state index is 12.5. The fraction of sp³-hybridized carbons (Fsp3) is 0.667. The van der Waals surface area contributed by atoms with Crippen LogP contribution in [-0.4, -0.2) is 42.7 Å². The van der Waals surface area contributed by atoms with Gasteiger partial charge in [-0.3, -0.25) is 4.79 Å². The molecule has 0 bridgehead atoms. The SMILES string of the molecule is COCCOc1ccc2c(n1)CCN(C(=O)CC1CCCC1)C2. The van der Waals surface area contributed by atoms with Gasteiger partial charge in [0.05, 0.1) is 12.3 Å². The molecule has 0 aromatic carbocycles. The molecule has 126 valence electrons. The van der Waals surface area contributed by atoms with Crippen molar-refractivity contribution in [1.82, 2.24) is 9.88 Å². The molecule has 2 aliphatic rings. The third-order valence-corrected chi connectivity index (χ3v) is 4.85. The van der Waals surface area contributed by atoms with Crippen LogP contribution in [0.15, 0.2) is 12.1 Å². The molecule has 1 saturated carbocycles. The first kappa shape index (κ1) is 16.2. The molecule has 5 nitrogen and oxygen atoms in total. The number of ether oxygens (including phenoxy) is 2. The van der Waals surface area contributed by atoms with Gasteiger partial charge in [-0.05, 0) is 24.3 Å². The molecule has 0 atom stereocenters. The molecule has 1 amide bonds. The molecular weight excluding hydrogens is 292 g/mol. The Morgan fingerprint density at radius 3 is 2.91 bits per heavy atom. The van der Waals surface area contributed by atoms with Crippen LogP contribution in [0.2, 0.25) is 0 Å². The third-order valence-electron chi connectivity index (χ3n) is 4.85. The van der Waals surface area contributed by atoms with E-state index in [2.05, 4.69) is 4.98 Å². The highest BCUT2D eigenvalue weighted by molar-refractivity contribution is 5.76. The highest BCUT2D eigenvalue weighted by Crippen LogP contribution is 2.29. The van der Waals surface area contributed by atoms with Gasteiger partial charge in [-0.1, -0.05) is 18.9 Å². The van der Waals surface area contributed by atoms with Crippen LogP contribution in [0.5, 0.6) is 5.88 Å². The molecule has 1 aliphatic heterocycles. The van der Waals surface area contributed by atoms with Crippen LogP contribution in [-0.2, 0) is 22.5 Å². The van der Waals surface area contributed by atoms with Crippen LogP contribution in [0.25, 0.3) is 0 Å². The molecule has 0 saturated heterocycles. The minimum absolute atomic E-state index is 0.308. The maximum Gasteiger partial charge on any atom is 0.223 e. The minimum Gasteiger partial charge on any atom is -0.475 e. The number of hydrogen-bond donors (Lipinski definition) is 0. The van der Waals surface area contributed by atoms with Crippen molar-refractivity contribution in [3.8, 4) is 5.88 Å². The summed E-state index contributed by atoms with van der Waals surface area (Å²) >= 11 is 0. The monoisotopic (exact) mass is 318 g/mol. The van der Waals surface area contributed by atoms with Gasteiger partial charge >= 0.3 is 0 Å². The summed E-state index contributed by atoms with van der Waals surface area (Å²) in [5.41, 5.74) is 2.21. The molecule has 1 aromatic rings. The number of pyridine rings is 1. The second-order valence-electron chi connectivity index (χ2n) is 6.52.